The number of rotatable bonds is 12. The third-order valence-electron chi connectivity index (χ3n) is 5.66. The lowest BCUT2D eigenvalue weighted by Crippen LogP contribution is -2.53. The Bertz CT molecular complexity index is 1190. The number of hydrogen-bond acceptors (Lipinski definition) is 6. The molecule has 0 aliphatic heterocycles. The van der Waals surface area contributed by atoms with Gasteiger partial charge < -0.3 is 10.2 Å². The first-order chi connectivity index (χ1) is 16.9. The molecule has 2 atom stereocenters. The van der Waals surface area contributed by atoms with Gasteiger partial charge in [-0.25, -0.2) is 8.42 Å². The molecule has 0 unspecified atom stereocenters. The summed E-state index contributed by atoms with van der Waals surface area (Å²) in [6, 6.07) is 10.8. The fourth-order valence-electron chi connectivity index (χ4n) is 3.52. The summed E-state index contributed by atoms with van der Waals surface area (Å²) in [5, 5.41) is 14.6. The predicted molar refractivity (Wildman–Crippen MR) is 139 cm³/mol. The summed E-state index contributed by atoms with van der Waals surface area (Å²) in [6.45, 7) is 4.93. The number of carbonyl (C=O) groups is 2. The van der Waals surface area contributed by atoms with Crippen LogP contribution in [-0.4, -0.2) is 54.9 Å². The van der Waals surface area contributed by atoms with Crippen molar-refractivity contribution in [2.45, 2.75) is 52.2 Å². The normalized spacial score (nSPS) is 12.9. The minimum Gasteiger partial charge on any atom is -0.352 e. The molecule has 196 valence electrons. The van der Waals surface area contributed by atoms with E-state index >= 15 is 0 Å². The molecule has 0 spiro atoms. The molecule has 2 aromatic carbocycles. The molecule has 0 aromatic heterocycles. The van der Waals surface area contributed by atoms with Crippen molar-refractivity contribution in [1.29, 1.82) is 0 Å². The Morgan fingerprint density at radius 3 is 2.28 bits per heavy atom. The molecule has 2 aromatic rings. The van der Waals surface area contributed by atoms with Crippen LogP contribution in [0.15, 0.2) is 48.5 Å². The highest BCUT2D eigenvalue weighted by molar-refractivity contribution is 7.92. The maximum atomic E-state index is 13.6. The fourth-order valence-corrected chi connectivity index (χ4v) is 4.49. The van der Waals surface area contributed by atoms with Crippen molar-refractivity contribution in [1.82, 2.24) is 10.2 Å². The number of sulfonamides is 1. The smallest absolute Gasteiger partial charge is 0.271 e. The quantitative estimate of drug-likeness (QED) is 0.323. The maximum Gasteiger partial charge on any atom is 0.271 e. The molecule has 0 heterocycles. The molecule has 0 radical (unpaired) electrons. The van der Waals surface area contributed by atoms with Gasteiger partial charge in [0.2, 0.25) is 21.8 Å². The topological polar surface area (TPSA) is 130 Å². The van der Waals surface area contributed by atoms with E-state index in [2.05, 4.69) is 5.32 Å². The van der Waals surface area contributed by atoms with E-state index in [-0.39, 0.29) is 36.3 Å². The lowest BCUT2D eigenvalue weighted by Gasteiger charge is -2.33. The molecule has 2 rings (SSSR count). The average molecular weight is 539 g/mol. The van der Waals surface area contributed by atoms with Crippen LogP contribution in [-0.2, 0) is 26.2 Å². The van der Waals surface area contributed by atoms with E-state index in [0.29, 0.717) is 17.0 Å². The first-order valence-electron chi connectivity index (χ1n) is 11.4. The second-order valence-electron chi connectivity index (χ2n) is 8.44. The molecule has 0 bridgehead atoms. The van der Waals surface area contributed by atoms with E-state index in [9.17, 15) is 28.1 Å². The van der Waals surface area contributed by atoms with Gasteiger partial charge in [0, 0.05) is 29.7 Å². The molecule has 2 amide bonds. The average Bonchev–Trinajstić information content (AvgIpc) is 2.82. The maximum absolute atomic E-state index is 13.6. The monoisotopic (exact) mass is 538 g/mol. The predicted octanol–water partition coefficient (Wildman–Crippen LogP) is 3.74. The molecular weight excluding hydrogens is 508 g/mol. The molecule has 0 aliphatic carbocycles. The van der Waals surface area contributed by atoms with Crippen molar-refractivity contribution in [3.8, 4) is 0 Å². The van der Waals surface area contributed by atoms with E-state index in [1.165, 1.54) is 23.1 Å². The summed E-state index contributed by atoms with van der Waals surface area (Å²) < 4.78 is 26.0. The molecule has 36 heavy (non-hydrogen) atoms. The van der Waals surface area contributed by atoms with E-state index in [1.807, 2.05) is 13.8 Å². The number of nitrogens with zero attached hydrogens (tertiary/aromatic N) is 3. The van der Waals surface area contributed by atoms with Crippen LogP contribution in [0.1, 0.15) is 39.2 Å². The molecule has 12 heteroatoms. The standard InChI is InChI=1S/C24H31ClN4O6S/c1-5-17(3)26-24(31)22(6-2)27(15-18-10-12-19(25)13-11-18)23(30)16-28(36(4,34)35)20-8-7-9-21(14-20)29(32)33/h7-14,17,22H,5-6,15-16H2,1-4H3,(H,26,31)/t17-,22-/m0/s1. The number of benzene rings is 2. The van der Waals surface area contributed by atoms with Gasteiger partial charge in [0.1, 0.15) is 12.6 Å². The Balaban J connectivity index is 2.47. The second kappa shape index (κ2) is 12.7. The van der Waals surface area contributed by atoms with Crippen LogP contribution in [0.5, 0.6) is 0 Å². The highest BCUT2D eigenvalue weighted by Crippen LogP contribution is 2.24. The van der Waals surface area contributed by atoms with Crippen molar-refractivity contribution < 1.29 is 22.9 Å². The lowest BCUT2D eigenvalue weighted by molar-refractivity contribution is -0.384. The van der Waals surface area contributed by atoms with Crippen molar-refractivity contribution in [3.05, 3.63) is 69.2 Å². The molecule has 10 nitrogen and oxygen atoms in total. The molecular formula is C24H31ClN4O6S. The van der Waals surface area contributed by atoms with Crippen molar-refractivity contribution in [2.24, 2.45) is 0 Å². The number of halogens is 1. The Labute approximate surface area is 216 Å². The number of amides is 2. The van der Waals surface area contributed by atoms with Gasteiger partial charge in [-0.05, 0) is 43.5 Å². The van der Waals surface area contributed by atoms with Gasteiger partial charge in [-0.2, -0.15) is 0 Å². The lowest BCUT2D eigenvalue weighted by atomic mass is 10.1. The number of carbonyl (C=O) groups excluding carboxylic acids is 2. The zero-order valence-electron chi connectivity index (χ0n) is 20.7. The van der Waals surface area contributed by atoms with E-state index in [0.717, 1.165) is 16.6 Å². The van der Waals surface area contributed by atoms with Gasteiger partial charge in [0.15, 0.2) is 0 Å². The number of anilines is 1. The summed E-state index contributed by atoms with van der Waals surface area (Å²) in [6.07, 6.45) is 1.90. The van der Waals surface area contributed by atoms with Crippen molar-refractivity contribution in [2.75, 3.05) is 17.1 Å². The summed E-state index contributed by atoms with van der Waals surface area (Å²) in [5.41, 5.74) is 0.360. The first-order valence-corrected chi connectivity index (χ1v) is 13.7. The minimum absolute atomic E-state index is 0.0244. The number of non-ortho nitro benzene ring substituents is 1. The summed E-state index contributed by atoms with van der Waals surface area (Å²) in [4.78, 5) is 38.6. The van der Waals surface area contributed by atoms with Crippen LogP contribution in [0.25, 0.3) is 0 Å². The second-order valence-corrected chi connectivity index (χ2v) is 10.8. The Morgan fingerprint density at radius 2 is 1.75 bits per heavy atom. The molecule has 0 saturated heterocycles. The third kappa shape index (κ3) is 7.92. The van der Waals surface area contributed by atoms with Gasteiger partial charge in [0.25, 0.3) is 5.69 Å². The summed E-state index contributed by atoms with van der Waals surface area (Å²) in [7, 11) is -4.00. The number of hydrogen-bond donors (Lipinski definition) is 1. The molecule has 0 aliphatic rings. The van der Waals surface area contributed by atoms with Crippen LogP contribution in [0.3, 0.4) is 0 Å². The van der Waals surface area contributed by atoms with Crippen molar-refractivity contribution in [3.63, 3.8) is 0 Å². The van der Waals surface area contributed by atoms with Crippen LogP contribution in [0.4, 0.5) is 11.4 Å². The van der Waals surface area contributed by atoms with Gasteiger partial charge in [-0.3, -0.25) is 24.0 Å². The van der Waals surface area contributed by atoms with E-state index < -0.39 is 33.4 Å². The first kappa shape index (κ1) is 29.1. The van der Waals surface area contributed by atoms with Crippen molar-refractivity contribution >= 4 is 44.8 Å². The Morgan fingerprint density at radius 1 is 1.11 bits per heavy atom. The van der Waals surface area contributed by atoms with Gasteiger partial charge in [-0.15, -0.1) is 0 Å². The number of nitro groups is 1. The number of nitrogens with one attached hydrogen (secondary N) is 1. The van der Waals surface area contributed by atoms with Gasteiger partial charge >= 0.3 is 0 Å². The minimum atomic E-state index is -4.00. The van der Waals surface area contributed by atoms with E-state index in [4.69, 9.17) is 11.6 Å². The number of nitro benzene ring substituents is 1. The van der Waals surface area contributed by atoms with Gasteiger partial charge in [0.05, 0.1) is 16.9 Å². The SMILES string of the molecule is CC[C@H](C)NC(=O)[C@H](CC)N(Cc1ccc(Cl)cc1)C(=O)CN(c1cccc([N+](=O)[O-])c1)S(C)(=O)=O. The van der Waals surface area contributed by atoms with Crippen LogP contribution in [0.2, 0.25) is 5.02 Å². The third-order valence-corrected chi connectivity index (χ3v) is 7.05. The Kier molecular flexibility index (Phi) is 10.2. The zero-order chi connectivity index (χ0) is 27.0. The molecule has 0 saturated carbocycles. The molecule has 0 fully saturated rings. The zero-order valence-corrected chi connectivity index (χ0v) is 22.3. The van der Waals surface area contributed by atoms with Crippen LogP contribution < -0.4 is 9.62 Å². The molecule has 1 N–H and O–H groups in total. The largest absolute Gasteiger partial charge is 0.352 e. The highest BCUT2D eigenvalue weighted by atomic mass is 35.5. The fraction of sp³-hybridized carbons (Fsp3) is 0.417. The van der Waals surface area contributed by atoms with Gasteiger partial charge in [-0.1, -0.05) is 43.6 Å². The summed E-state index contributed by atoms with van der Waals surface area (Å²) >= 11 is 5.98. The van der Waals surface area contributed by atoms with Crippen LogP contribution in [0, 0.1) is 10.1 Å². The Hall–Kier alpha value is -3.18. The summed E-state index contributed by atoms with van der Waals surface area (Å²) in [5.74, 6) is -0.983. The highest BCUT2D eigenvalue weighted by Gasteiger charge is 2.32. The van der Waals surface area contributed by atoms with Crippen LogP contribution >= 0.6 is 11.6 Å². The van der Waals surface area contributed by atoms with E-state index in [1.54, 1.807) is 31.2 Å².